The highest BCUT2D eigenvalue weighted by molar-refractivity contribution is 5.88. The maximum Gasteiger partial charge on any atom is 0.309 e. The summed E-state index contributed by atoms with van der Waals surface area (Å²) in [4.78, 5) is 31.2. The van der Waals surface area contributed by atoms with Crippen LogP contribution in [0.1, 0.15) is 77.9 Å². The number of pyridine rings is 1. The Hall–Kier alpha value is -2.61. The number of nitrogens with zero attached hydrogens (tertiary/aromatic N) is 1. The van der Waals surface area contributed by atoms with Gasteiger partial charge in [0.1, 0.15) is 11.9 Å². The number of aliphatic hydroxyl groups is 2. The number of ketones is 1. The average Bonchev–Trinajstić information content (AvgIpc) is 3.53. The third-order valence-electron chi connectivity index (χ3n) is 8.65. The van der Waals surface area contributed by atoms with E-state index in [2.05, 4.69) is 18.5 Å². The molecule has 206 valence electrons. The van der Waals surface area contributed by atoms with E-state index in [1.54, 1.807) is 26.1 Å². The van der Waals surface area contributed by atoms with Crippen LogP contribution in [0.15, 0.2) is 49.2 Å². The number of cyclic esters (lactones) is 1. The lowest BCUT2D eigenvalue weighted by Gasteiger charge is -2.35. The van der Waals surface area contributed by atoms with Crippen LogP contribution in [0.5, 0.6) is 0 Å². The predicted octanol–water partition coefficient (Wildman–Crippen LogP) is 5.09. The molecule has 0 spiro atoms. The van der Waals surface area contributed by atoms with Gasteiger partial charge in [-0.15, -0.1) is 6.58 Å². The fourth-order valence-corrected chi connectivity index (χ4v) is 5.72. The van der Waals surface area contributed by atoms with E-state index in [1.165, 1.54) is 0 Å². The molecule has 0 radical (unpaired) electrons. The predicted molar refractivity (Wildman–Crippen MR) is 145 cm³/mol. The van der Waals surface area contributed by atoms with Crippen molar-refractivity contribution in [1.82, 2.24) is 4.98 Å². The lowest BCUT2D eigenvalue weighted by atomic mass is 9.71. The van der Waals surface area contributed by atoms with Crippen LogP contribution in [-0.4, -0.2) is 50.9 Å². The van der Waals surface area contributed by atoms with Crippen LogP contribution in [-0.2, 0) is 19.1 Å². The second-order valence-electron chi connectivity index (χ2n) is 11.9. The molecule has 7 atom stereocenters. The Kier molecular flexibility index (Phi) is 8.40. The second kappa shape index (κ2) is 11.2. The van der Waals surface area contributed by atoms with Gasteiger partial charge in [0.15, 0.2) is 0 Å². The van der Waals surface area contributed by atoms with E-state index in [1.807, 2.05) is 37.3 Å². The van der Waals surface area contributed by atoms with Gasteiger partial charge in [-0.2, -0.15) is 0 Å². The topological polar surface area (TPSA) is 109 Å². The zero-order chi connectivity index (χ0) is 27.7. The minimum absolute atomic E-state index is 0.0793. The van der Waals surface area contributed by atoms with Crippen molar-refractivity contribution in [2.45, 2.75) is 96.2 Å². The summed E-state index contributed by atoms with van der Waals surface area (Å²) >= 11 is 0. The summed E-state index contributed by atoms with van der Waals surface area (Å²) in [5.41, 5.74) is 0.0287. The number of fused-ring (bicyclic) bond motifs is 2. The lowest BCUT2D eigenvalue weighted by molar-refractivity contribution is -0.156. The number of allylic oxidation sites excluding steroid dienone is 1. The molecule has 0 amide bonds. The molecule has 2 aliphatic rings. The first-order valence-electron chi connectivity index (χ1n) is 13.7. The molecular formula is C31H41NO6. The van der Waals surface area contributed by atoms with E-state index in [0.717, 1.165) is 35.7 Å². The van der Waals surface area contributed by atoms with Gasteiger partial charge in [0.05, 0.1) is 41.3 Å². The Labute approximate surface area is 225 Å². The normalized spacial score (nSPS) is 34.8. The number of carbonyl (C=O) groups excluding carboxylic acids is 2. The van der Waals surface area contributed by atoms with Crippen LogP contribution in [0.4, 0.5) is 0 Å². The van der Waals surface area contributed by atoms with Crippen LogP contribution < -0.4 is 0 Å². The van der Waals surface area contributed by atoms with Gasteiger partial charge in [-0.1, -0.05) is 51.5 Å². The molecule has 7 nitrogen and oxygen atoms in total. The molecule has 2 saturated heterocycles. The number of aromatic nitrogens is 1. The van der Waals surface area contributed by atoms with Gasteiger partial charge < -0.3 is 19.7 Å². The highest BCUT2D eigenvalue weighted by atomic mass is 16.6. The molecule has 0 unspecified atom stereocenters. The van der Waals surface area contributed by atoms with Crippen molar-refractivity contribution in [3.63, 3.8) is 0 Å². The summed E-state index contributed by atoms with van der Waals surface area (Å²) in [5, 5.41) is 23.2. The number of carbonyl (C=O) groups is 2. The van der Waals surface area contributed by atoms with E-state index in [-0.39, 0.29) is 29.8 Å². The van der Waals surface area contributed by atoms with Gasteiger partial charge in [-0.3, -0.25) is 14.6 Å². The van der Waals surface area contributed by atoms with Crippen molar-refractivity contribution in [3.8, 4) is 0 Å². The molecule has 7 heteroatoms. The van der Waals surface area contributed by atoms with Gasteiger partial charge in [0.2, 0.25) is 0 Å². The van der Waals surface area contributed by atoms with Crippen molar-refractivity contribution >= 4 is 22.7 Å². The first-order chi connectivity index (χ1) is 18.0. The van der Waals surface area contributed by atoms with Crippen LogP contribution in [0.3, 0.4) is 0 Å². The molecule has 0 bridgehead atoms. The Morgan fingerprint density at radius 3 is 2.68 bits per heavy atom. The third-order valence-corrected chi connectivity index (χ3v) is 8.65. The van der Waals surface area contributed by atoms with Crippen LogP contribution in [0, 0.1) is 17.3 Å². The van der Waals surface area contributed by atoms with E-state index in [4.69, 9.17) is 9.47 Å². The molecule has 0 aliphatic carbocycles. The Morgan fingerprint density at radius 2 is 1.95 bits per heavy atom. The van der Waals surface area contributed by atoms with Gasteiger partial charge in [-0.25, -0.2) is 0 Å². The van der Waals surface area contributed by atoms with E-state index < -0.39 is 35.6 Å². The number of esters is 1. The molecule has 3 heterocycles. The van der Waals surface area contributed by atoms with Crippen LogP contribution in [0.2, 0.25) is 0 Å². The van der Waals surface area contributed by atoms with Crippen molar-refractivity contribution in [2.75, 3.05) is 0 Å². The fraction of sp³-hybridized carbons (Fsp3) is 0.581. The number of epoxide rings is 1. The molecule has 2 N–H and O–H groups in total. The number of ether oxygens (including phenoxy) is 2. The molecule has 1 aromatic heterocycles. The average molecular weight is 524 g/mol. The van der Waals surface area contributed by atoms with E-state index >= 15 is 0 Å². The Bertz CT molecular complexity index is 1180. The zero-order valence-corrected chi connectivity index (χ0v) is 22.9. The monoisotopic (exact) mass is 523 g/mol. The van der Waals surface area contributed by atoms with E-state index in [0.29, 0.717) is 12.8 Å². The maximum absolute atomic E-state index is 13.6. The first kappa shape index (κ1) is 28.4. The second-order valence-corrected chi connectivity index (χ2v) is 11.9. The number of Topliss-reactive ketones (excluding diaryl/α,β-unsaturated/α-hetero) is 1. The number of benzene rings is 1. The number of rotatable bonds is 3. The minimum atomic E-state index is -1.27. The van der Waals surface area contributed by atoms with Crippen molar-refractivity contribution in [2.24, 2.45) is 17.3 Å². The van der Waals surface area contributed by atoms with Gasteiger partial charge >= 0.3 is 5.97 Å². The molecular weight excluding hydrogens is 482 g/mol. The van der Waals surface area contributed by atoms with Crippen LogP contribution >= 0.6 is 0 Å². The van der Waals surface area contributed by atoms with Gasteiger partial charge in [0, 0.05) is 23.9 Å². The zero-order valence-electron chi connectivity index (χ0n) is 22.9. The SMILES string of the molecule is C=CC[C@H]1C(=O)C(C)(C)[C@H](O)CC(=O)O[C@H](c2ccc3cccnc3c2)C[C@H]2O[C@@]2(C)CCC[C@H](C)[C@@H]1O. The van der Waals surface area contributed by atoms with Crippen LogP contribution in [0.25, 0.3) is 10.9 Å². The molecule has 38 heavy (non-hydrogen) atoms. The standard InChI is InChI=1S/C31H41NO6/c1-6-9-22-28(35)19(2)10-7-14-31(5)26(38-31)17-24(21-13-12-20-11-8-15-32-23(20)16-21)37-27(34)18-25(33)30(3,4)29(22)36/h6,8,11-13,15-16,19,22,24-26,28,33,35H,1,7,9-10,14,17-18H2,2-5H3/t19-,22+,24-,25+,26+,28-,31-/m0/s1. The lowest BCUT2D eigenvalue weighted by Crippen LogP contribution is -2.46. The third kappa shape index (κ3) is 6.00. The summed E-state index contributed by atoms with van der Waals surface area (Å²) in [6.07, 6.45) is 3.37. The minimum Gasteiger partial charge on any atom is -0.457 e. The quantitative estimate of drug-likeness (QED) is 0.328. The van der Waals surface area contributed by atoms with E-state index in [9.17, 15) is 19.8 Å². The van der Waals surface area contributed by atoms with Crippen molar-refractivity contribution < 1.29 is 29.3 Å². The summed E-state index contributed by atoms with van der Waals surface area (Å²) in [7, 11) is 0. The summed E-state index contributed by atoms with van der Waals surface area (Å²) < 4.78 is 12.1. The first-order valence-corrected chi connectivity index (χ1v) is 13.7. The molecule has 2 fully saturated rings. The maximum atomic E-state index is 13.6. The van der Waals surface area contributed by atoms with Gasteiger partial charge in [0.25, 0.3) is 0 Å². The molecule has 2 aromatic rings. The van der Waals surface area contributed by atoms with Gasteiger partial charge in [-0.05, 0) is 49.8 Å². The molecule has 4 rings (SSSR count). The van der Waals surface area contributed by atoms with Crippen molar-refractivity contribution in [1.29, 1.82) is 0 Å². The van der Waals surface area contributed by atoms with Crippen molar-refractivity contribution in [3.05, 3.63) is 54.7 Å². The highest BCUT2D eigenvalue weighted by Crippen LogP contribution is 2.46. The summed E-state index contributed by atoms with van der Waals surface area (Å²) in [6, 6.07) is 9.68. The number of hydrogen-bond acceptors (Lipinski definition) is 7. The largest absolute Gasteiger partial charge is 0.457 e. The Morgan fingerprint density at radius 1 is 1.18 bits per heavy atom. The fourth-order valence-electron chi connectivity index (χ4n) is 5.72. The summed E-state index contributed by atoms with van der Waals surface area (Å²) in [6.45, 7) is 11.0. The highest BCUT2D eigenvalue weighted by Gasteiger charge is 2.53. The number of aliphatic hydroxyl groups excluding tert-OH is 2. The molecule has 2 aliphatic heterocycles. The molecule has 0 saturated carbocycles. The smallest absolute Gasteiger partial charge is 0.309 e. The molecule has 1 aromatic carbocycles. The Balaban J connectivity index is 1.63. The summed E-state index contributed by atoms with van der Waals surface area (Å²) in [5.74, 6) is -1.70. The number of hydrogen-bond donors (Lipinski definition) is 2.